The van der Waals surface area contributed by atoms with E-state index in [1.54, 1.807) is 18.2 Å². The standard InChI is InChI=1S/C13H10ClIN2O2/c1-7-4-12(14)16-6-10(7)17-13(19)9-5-8(15)2-3-11(9)18/h2-6,18H,1H3,(H,17,19). The van der Waals surface area contributed by atoms with Crippen LogP contribution in [0.5, 0.6) is 5.75 Å². The fraction of sp³-hybridized carbons (Fsp3) is 0.0769. The molecular weight excluding hydrogens is 379 g/mol. The zero-order valence-corrected chi connectivity index (χ0v) is 12.9. The van der Waals surface area contributed by atoms with Crippen molar-refractivity contribution in [3.63, 3.8) is 0 Å². The van der Waals surface area contributed by atoms with Crippen LogP contribution in [0, 0.1) is 10.5 Å². The first-order valence-electron chi connectivity index (χ1n) is 5.39. The van der Waals surface area contributed by atoms with E-state index in [0.29, 0.717) is 10.8 Å². The third-order valence-electron chi connectivity index (χ3n) is 2.53. The number of phenols is 1. The number of anilines is 1. The van der Waals surface area contributed by atoms with E-state index in [9.17, 15) is 9.90 Å². The number of rotatable bonds is 2. The van der Waals surface area contributed by atoms with Crippen molar-refractivity contribution in [3.8, 4) is 5.75 Å². The Balaban J connectivity index is 2.28. The van der Waals surface area contributed by atoms with Crippen LogP contribution < -0.4 is 5.32 Å². The number of aromatic nitrogens is 1. The van der Waals surface area contributed by atoms with Crippen LogP contribution in [-0.2, 0) is 0 Å². The second kappa shape index (κ2) is 5.75. The highest BCUT2D eigenvalue weighted by Crippen LogP contribution is 2.22. The van der Waals surface area contributed by atoms with Crippen molar-refractivity contribution in [1.82, 2.24) is 4.98 Å². The van der Waals surface area contributed by atoms with Crippen molar-refractivity contribution in [2.75, 3.05) is 5.32 Å². The van der Waals surface area contributed by atoms with Crippen LogP contribution >= 0.6 is 34.2 Å². The SMILES string of the molecule is Cc1cc(Cl)ncc1NC(=O)c1cc(I)ccc1O. The maximum Gasteiger partial charge on any atom is 0.259 e. The van der Waals surface area contributed by atoms with Crippen molar-refractivity contribution >= 4 is 45.8 Å². The number of pyridine rings is 1. The zero-order valence-electron chi connectivity index (χ0n) is 9.95. The summed E-state index contributed by atoms with van der Waals surface area (Å²) >= 11 is 7.83. The lowest BCUT2D eigenvalue weighted by Gasteiger charge is -2.09. The van der Waals surface area contributed by atoms with Crippen LogP contribution in [0.25, 0.3) is 0 Å². The van der Waals surface area contributed by atoms with Crippen LogP contribution in [0.3, 0.4) is 0 Å². The minimum Gasteiger partial charge on any atom is -0.507 e. The number of aromatic hydroxyl groups is 1. The van der Waals surface area contributed by atoms with E-state index in [0.717, 1.165) is 9.13 Å². The number of amides is 1. The Hall–Kier alpha value is -1.34. The van der Waals surface area contributed by atoms with Gasteiger partial charge in [0.25, 0.3) is 5.91 Å². The molecule has 0 saturated heterocycles. The Kier molecular flexibility index (Phi) is 4.26. The number of phenolic OH excluding ortho intramolecular Hbond substituents is 1. The number of hydrogen-bond donors (Lipinski definition) is 2. The summed E-state index contributed by atoms with van der Waals surface area (Å²) in [4.78, 5) is 16.0. The molecule has 19 heavy (non-hydrogen) atoms. The number of carbonyl (C=O) groups excluding carboxylic acids is 1. The van der Waals surface area contributed by atoms with E-state index >= 15 is 0 Å². The number of carbonyl (C=O) groups is 1. The van der Waals surface area contributed by atoms with Crippen LogP contribution in [0.15, 0.2) is 30.5 Å². The summed E-state index contributed by atoms with van der Waals surface area (Å²) in [5, 5.41) is 12.8. The van der Waals surface area contributed by atoms with E-state index in [1.165, 1.54) is 12.3 Å². The molecule has 0 radical (unpaired) electrons. The largest absolute Gasteiger partial charge is 0.507 e. The van der Waals surface area contributed by atoms with Gasteiger partial charge in [-0.3, -0.25) is 4.79 Å². The molecule has 6 heteroatoms. The first-order valence-corrected chi connectivity index (χ1v) is 6.85. The molecule has 1 heterocycles. The molecule has 98 valence electrons. The Morgan fingerprint density at radius 3 is 2.84 bits per heavy atom. The molecule has 1 amide bonds. The van der Waals surface area contributed by atoms with Gasteiger partial charge in [-0.05, 0) is 59.3 Å². The average Bonchev–Trinajstić information content (AvgIpc) is 2.35. The normalized spacial score (nSPS) is 10.3. The second-order valence-corrected chi connectivity index (χ2v) is 5.57. The van der Waals surface area contributed by atoms with E-state index < -0.39 is 0 Å². The summed E-state index contributed by atoms with van der Waals surface area (Å²) in [5.74, 6) is -0.444. The highest BCUT2D eigenvalue weighted by Gasteiger charge is 2.13. The molecular formula is C13H10ClIN2O2. The smallest absolute Gasteiger partial charge is 0.259 e. The highest BCUT2D eigenvalue weighted by atomic mass is 127. The molecule has 2 aromatic rings. The maximum absolute atomic E-state index is 12.1. The third-order valence-corrected chi connectivity index (χ3v) is 3.41. The van der Waals surface area contributed by atoms with Gasteiger partial charge in [-0.25, -0.2) is 4.98 Å². The lowest BCUT2D eigenvalue weighted by Crippen LogP contribution is -2.13. The number of benzene rings is 1. The predicted molar refractivity (Wildman–Crippen MR) is 82.8 cm³/mol. The summed E-state index contributed by atoms with van der Waals surface area (Å²) in [7, 11) is 0. The molecule has 0 unspecified atom stereocenters. The van der Waals surface area contributed by atoms with Gasteiger partial charge >= 0.3 is 0 Å². The van der Waals surface area contributed by atoms with Gasteiger partial charge in [-0.1, -0.05) is 11.6 Å². The molecule has 4 nitrogen and oxygen atoms in total. The summed E-state index contributed by atoms with van der Waals surface area (Å²) in [6.07, 6.45) is 1.49. The summed E-state index contributed by atoms with van der Waals surface area (Å²) in [5.41, 5.74) is 1.59. The monoisotopic (exact) mass is 388 g/mol. The van der Waals surface area contributed by atoms with E-state index in [1.807, 2.05) is 6.92 Å². The molecule has 0 aliphatic rings. The Bertz CT molecular complexity index is 647. The number of hydrogen-bond acceptors (Lipinski definition) is 3. The van der Waals surface area contributed by atoms with Crippen molar-refractivity contribution < 1.29 is 9.90 Å². The highest BCUT2D eigenvalue weighted by molar-refractivity contribution is 14.1. The van der Waals surface area contributed by atoms with Crippen LogP contribution in [0.1, 0.15) is 15.9 Å². The van der Waals surface area contributed by atoms with Crippen molar-refractivity contribution in [1.29, 1.82) is 0 Å². The van der Waals surface area contributed by atoms with E-state index in [2.05, 4.69) is 32.9 Å². The predicted octanol–water partition coefficient (Wildman–Crippen LogP) is 3.61. The lowest BCUT2D eigenvalue weighted by molar-refractivity contribution is 0.102. The number of nitrogens with one attached hydrogen (secondary N) is 1. The zero-order chi connectivity index (χ0) is 14.0. The summed E-state index contributed by atoms with van der Waals surface area (Å²) in [6, 6.07) is 6.49. The Labute approximate surface area is 129 Å². The summed E-state index contributed by atoms with van der Waals surface area (Å²) in [6.45, 7) is 1.82. The van der Waals surface area contributed by atoms with E-state index in [-0.39, 0.29) is 17.2 Å². The molecule has 2 N–H and O–H groups in total. The first-order chi connectivity index (χ1) is 8.97. The Morgan fingerprint density at radius 2 is 2.16 bits per heavy atom. The molecule has 0 fully saturated rings. The molecule has 0 spiro atoms. The van der Waals surface area contributed by atoms with Gasteiger partial charge in [0, 0.05) is 3.57 Å². The van der Waals surface area contributed by atoms with Crippen molar-refractivity contribution in [2.24, 2.45) is 0 Å². The molecule has 1 aromatic heterocycles. The molecule has 0 aliphatic carbocycles. The number of halogens is 2. The molecule has 0 saturated carbocycles. The van der Waals surface area contributed by atoms with Gasteiger partial charge in [0.05, 0.1) is 17.4 Å². The van der Waals surface area contributed by atoms with Crippen LogP contribution in [0.2, 0.25) is 5.15 Å². The van der Waals surface area contributed by atoms with E-state index in [4.69, 9.17) is 11.6 Å². The minimum atomic E-state index is -0.386. The van der Waals surface area contributed by atoms with Gasteiger partial charge in [-0.15, -0.1) is 0 Å². The molecule has 0 aliphatic heterocycles. The number of aryl methyl sites for hydroxylation is 1. The average molecular weight is 389 g/mol. The number of nitrogens with zero attached hydrogens (tertiary/aromatic N) is 1. The first kappa shape index (κ1) is 14.1. The maximum atomic E-state index is 12.1. The van der Waals surface area contributed by atoms with Gasteiger partial charge in [-0.2, -0.15) is 0 Å². The van der Waals surface area contributed by atoms with Crippen molar-refractivity contribution in [3.05, 3.63) is 50.3 Å². The molecule has 1 aromatic carbocycles. The molecule has 0 atom stereocenters. The fourth-order valence-electron chi connectivity index (χ4n) is 1.53. The summed E-state index contributed by atoms with van der Waals surface area (Å²) < 4.78 is 0.867. The topological polar surface area (TPSA) is 62.2 Å². The molecule has 2 rings (SSSR count). The molecule has 0 bridgehead atoms. The minimum absolute atomic E-state index is 0.0579. The van der Waals surface area contributed by atoms with Crippen LogP contribution in [0.4, 0.5) is 5.69 Å². The van der Waals surface area contributed by atoms with Crippen molar-refractivity contribution in [2.45, 2.75) is 6.92 Å². The second-order valence-electron chi connectivity index (χ2n) is 3.94. The van der Waals surface area contributed by atoms with Gasteiger partial charge in [0.15, 0.2) is 0 Å². The lowest BCUT2D eigenvalue weighted by atomic mass is 10.1. The van der Waals surface area contributed by atoms with Gasteiger partial charge in [0.2, 0.25) is 0 Å². The fourth-order valence-corrected chi connectivity index (χ4v) is 2.24. The van der Waals surface area contributed by atoms with Gasteiger partial charge in [0.1, 0.15) is 10.9 Å². The van der Waals surface area contributed by atoms with Gasteiger partial charge < -0.3 is 10.4 Å². The van der Waals surface area contributed by atoms with Crippen LogP contribution in [-0.4, -0.2) is 16.0 Å². The quantitative estimate of drug-likeness (QED) is 0.610. The Morgan fingerprint density at radius 1 is 1.42 bits per heavy atom. The third kappa shape index (κ3) is 3.36.